The Morgan fingerprint density at radius 1 is 0.633 bits per heavy atom. The van der Waals surface area contributed by atoms with Crippen molar-refractivity contribution in [2.24, 2.45) is 0 Å². The minimum Gasteiger partial charge on any atom is -0.228 e. The van der Waals surface area contributed by atoms with E-state index in [9.17, 15) is 19.3 Å². The maximum absolute atomic E-state index is 14.7. The lowest BCUT2D eigenvalue weighted by Crippen LogP contribution is -2.00. The second-order valence-corrected chi connectivity index (χ2v) is 6.38. The van der Waals surface area contributed by atoms with E-state index in [-0.39, 0.29) is 39.5 Å². The number of benzene rings is 3. The average molecular weight is 394 g/mol. The molecule has 0 saturated carbocycles. The van der Waals surface area contributed by atoms with Crippen LogP contribution in [0.3, 0.4) is 0 Å². The summed E-state index contributed by atoms with van der Waals surface area (Å²) in [5.74, 6) is -1.04. The van der Waals surface area contributed by atoms with Gasteiger partial charge in [0.05, 0.1) is 45.8 Å². The van der Waals surface area contributed by atoms with Crippen molar-refractivity contribution in [1.82, 2.24) is 9.97 Å². The van der Waals surface area contributed by atoms with Crippen molar-refractivity contribution in [3.05, 3.63) is 95.6 Å². The largest absolute Gasteiger partial charge is 0.228 e. The van der Waals surface area contributed by atoms with Crippen molar-refractivity contribution in [3.8, 4) is 46.0 Å². The normalized spacial score (nSPS) is 10.3. The maximum atomic E-state index is 14.7. The van der Waals surface area contributed by atoms with Crippen LogP contribution in [0.15, 0.2) is 72.8 Å². The third-order valence-electron chi connectivity index (χ3n) is 4.54. The van der Waals surface area contributed by atoms with Gasteiger partial charge in [0, 0.05) is 5.56 Å². The van der Waals surface area contributed by atoms with Gasteiger partial charge in [-0.15, -0.1) is 0 Å². The Morgan fingerprint density at radius 3 is 1.60 bits per heavy atom. The third kappa shape index (κ3) is 3.39. The molecule has 0 aliphatic rings. The summed E-state index contributed by atoms with van der Waals surface area (Å²) >= 11 is 0. The van der Waals surface area contributed by atoms with Crippen molar-refractivity contribution < 1.29 is 8.78 Å². The monoisotopic (exact) mass is 394 g/mol. The Kier molecular flexibility index (Phi) is 4.99. The van der Waals surface area contributed by atoms with E-state index in [1.54, 1.807) is 24.3 Å². The Hall–Kier alpha value is -4.42. The summed E-state index contributed by atoms with van der Waals surface area (Å²) in [6.07, 6.45) is 0. The second kappa shape index (κ2) is 7.90. The van der Waals surface area contributed by atoms with Gasteiger partial charge < -0.3 is 0 Å². The van der Waals surface area contributed by atoms with Gasteiger partial charge in [-0.05, 0) is 30.3 Å². The molecule has 4 rings (SSSR count). The molecule has 0 unspecified atom stereocenters. The zero-order valence-corrected chi connectivity index (χ0v) is 15.5. The van der Waals surface area contributed by atoms with E-state index in [0.29, 0.717) is 5.56 Å². The Labute approximate surface area is 171 Å². The summed E-state index contributed by atoms with van der Waals surface area (Å²) < 4.78 is 29.4. The summed E-state index contributed by atoms with van der Waals surface area (Å²) in [7, 11) is 0. The number of halogens is 2. The fourth-order valence-corrected chi connectivity index (χ4v) is 3.17. The smallest absolute Gasteiger partial charge is 0.160 e. The SMILES string of the molecule is N#Cc1cccc(F)c1-c1cc(-c2c(F)cccc2C#N)nc(-c2ccccc2)n1. The second-order valence-electron chi connectivity index (χ2n) is 6.38. The fraction of sp³-hybridized carbons (Fsp3) is 0. The molecule has 4 aromatic rings. The van der Waals surface area contributed by atoms with E-state index in [0.717, 1.165) is 0 Å². The van der Waals surface area contributed by atoms with Gasteiger partial charge in [-0.1, -0.05) is 42.5 Å². The van der Waals surface area contributed by atoms with Crippen LogP contribution in [0, 0.1) is 34.3 Å². The summed E-state index contributed by atoms with van der Waals surface area (Å²) in [6, 6.07) is 22.5. The zero-order chi connectivity index (χ0) is 21.1. The number of hydrogen-bond donors (Lipinski definition) is 0. The molecule has 0 saturated heterocycles. The van der Waals surface area contributed by atoms with Gasteiger partial charge in [-0.2, -0.15) is 10.5 Å². The van der Waals surface area contributed by atoms with Crippen molar-refractivity contribution >= 4 is 0 Å². The lowest BCUT2D eigenvalue weighted by Gasteiger charge is -2.12. The highest BCUT2D eigenvalue weighted by molar-refractivity contribution is 5.77. The first-order valence-electron chi connectivity index (χ1n) is 8.95. The molecule has 0 radical (unpaired) electrons. The highest BCUT2D eigenvalue weighted by atomic mass is 19.1. The summed E-state index contributed by atoms with van der Waals surface area (Å²) in [6.45, 7) is 0. The quantitative estimate of drug-likeness (QED) is 0.460. The molecular weight excluding hydrogens is 382 g/mol. The molecule has 142 valence electrons. The van der Waals surface area contributed by atoms with Crippen LogP contribution in [0.5, 0.6) is 0 Å². The Balaban J connectivity index is 2.07. The molecule has 30 heavy (non-hydrogen) atoms. The molecule has 0 atom stereocenters. The molecule has 0 spiro atoms. The molecule has 0 N–H and O–H groups in total. The van der Waals surface area contributed by atoms with Crippen molar-refractivity contribution in [3.63, 3.8) is 0 Å². The molecule has 0 aliphatic heterocycles. The van der Waals surface area contributed by atoms with Gasteiger partial charge in [0.2, 0.25) is 0 Å². The predicted octanol–water partition coefficient (Wildman–Crippen LogP) is 5.50. The van der Waals surface area contributed by atoms with Gasteiger partial charge in [0.15, 0.2) is 5.82 Å². The number of nitrogens with zero attached hydrogens (tertiary/aromatic N) is 4. The first kappa shape index (κ1) is 18.9. The van der Waals surface area contributed by atoms with Crippen LogP contribution < -0.4 is 0 Å². The minimum absolute atomic E-state index is 0.00400. The van der Waals surface area contributed by atoms with Crippen molar-refractivity contribution in [2.45, 2.75) is 0 Å². The van der Waals surface area contributed by atoms with E-state index < -0.39 is 11.6 Å². The molecule has 0 amide bonds. The first-order chi connectivity index (χ1) is 14.6. The molecule has 0 aliphatic carbocycles. The lowest BCUT2D eigenvalue weighted by molar-refractivity contribution is 0.629. The molecule has 6 heteroatoms. The van der Waals surface area contributed by atoms with Gasteiger partial charge >= 0.3 is 0 Å². The van der Waals surface area contributed by atoms with Gasteiger partial charge in [-0.25, -0.2) is 18.7 Å². The predicted molar refractivity (Wildman–Crippen MR) is 108 cm³/mol. The van der Waals surface area contributed by atoms with Crippen LogP contribution >= 0.6 is 0 Å². The average Bonchev–Trinajstić information content (AvgIpc) is 2.78. The zero-order valence-electron chi connectivity index (χ0n) is 15.5. The highest BCUT2D eigenvalue weighted by Crippen LogP contribution is 2.33. The number of rotatable bonds is 3. The summed E-state index contributed by atoms with van der Waals surface area (Å²) in [5, 5.41) is 18.9. The molecule has 1 aromatic heterocycles. The van der Waals surface area contributed by atoms with Gasteiger partial charge in [-0.3, -0.25) is 0 Å². The van der Waals surface area contributed by atoms with Crippen molar-refractivity contribution in [2.75, 3.05) is 0 Å². The Bertz CT molecular complexity index is 1250. The highest BCUT2D eigenvalue weighted by Gasteiger charge is 2.19. The molecule has 4 nitrogen and oxygen atoms in total. The molecular formula is C24H12F2N4. The first-order valence-corrected chi connectivity index (χ1v) is 8.95. The van der Waals surface area contributed by atoms with E-state index in [2.05, 4.69) is 9.97 Å². The number of nitriles is 2. The molecule has 3 aromatic carbocycles. The van der Waals surface area contributed by atoms with E-state index in [1.165, 1.54) is 42.5 Å². The third-order valence-corrected chi connectivity index (χ3v) is 4.54. The van der Waals surface area contributed by atoms with E-state index in [1.807, 2.05) is 18.2 Å². The standard InChI is InChI=1S/C24H12F2N4/c25-18-10-4-8-16(13-27)22(18)20-12-21(23-17(14-28)9-5-11-19(23)26)30-24(29-20)15-6-2-1-3-7-15/h1-12H. The van der Waals surface area contributed by atoms with Crippen LogP contribution in [0.25, 0.3) is 33.9 Å². The van der Waals surface area contributed by atoms with Crippen molar-refractivity contribution in [1.29, 1.82) is 10.5 Å². The molecule has 0 fully saturated rings. The maximum Gasteiger partial charge on any atom is 0.160 e. The van der Waals surface area contributed by atoms with Crippen LogP contribution in [0.2, 0.25) is 0 Å². The lowest BCUT2D eigenvalue weighted by atomic mass is 9.99. The van der Waals surface area contributed by atoms with Crippen LogP contribution in [0.1, 0.15) is 11.1 Å². The van der Waals surface area contributed by atoms with Crippen LogP contribution in [-0.2, 0) is 0 Å². The fourth-order valence-electron chi connectivity index (χ4n) is 3.17. The number of aromatic nitrogens is 2. The Morgan fingerprint density at radius 2 is 1.13 bits per heavy atom. The van der Waals surface area contributed by atoms with Crippen LogP contribution in [-0.4, -0.2) is 9.97 Å². The molecule has 1 heterocycles. The van der Waals surface area contributed by atoms with Gasteiger partial charge in [0.1, 0.15) is 11.6 Å². The van der Waals surface area contributed by atoms with E-state index >= 15 is 0 Å². The summed E-state index contributed by atoms with van der Waals surface area (Å²) in [4.78, 5) is 8.89. The minimum atomic E-state index is -0.633. The summed E-state index contributed by atoms with van der Waals surface area (Å²) in [5.41, 5.74) is 1.05. The topological polar surface area (TPSA) is 73.4 Å². The van der Waals surface area contributed by atoms with Gasteiger partial charge in [0.25, 0.3) is 0 Å². The number of hydrogen-bond acceptors (Lipinski definition) is 4. The van der Waals surface area contributed by atoms with E-state index in [4.69, 9.17) is 0 Å². The molecule has 0 bridgehead atoms. The van der Waals surface area contributed by atoms with Crippen LogP contribution in [0.4, 0.5) is 8.78 Å².